The molecule has 2 atom stereocenters. The van der Waals surface area contributed by atoms with Gasteiger partial charge in [0.15, 0.2) is 10.9 Å². The van der Waals surface area contributed by atoms with Crippen molar-refractivity contribution >= 4 is 32.6 Å². The predicted molar refractivity (Wildman–Crippen MR) is 109 cm³/mol. The number of anilines is 1. The highest BCUT2D eigenvalue weighted by atomic mass is 32.1. The van der Waals surface area contributed by atoms with Gasteiger partial charge in [-0.1, -0.05) is 37.5 Å². The van der Waals surface area contributed by atoms with E-state index in [1.54, 1.807) is 0 Å². The summed E-state index contributed by atoms with van der Waals surface area (Å²) >= 11 is 1.09. The number of amides is 1. The summed E-state index contributed by atoms with van der Waals surface area (Å²) in [4.78, 5) is 19.2. The molecule has 28 heavy (non-hydrogen) atoms. The van der Waals surface area contributed by atoms with Crippen LogP contribution in [0.25, 0.3) is 10.2 Å². The van der Waals surface area contributed by atoms with Crippen molar-refractivity contribution in [2.24, 2.45) is 11.7 Å². The molecule has 2 unspecified atom stereocenters. The number of fused-ring (bicyclic) bond motifs is 1. The number of nitrogens with one attached hydrogen (secondary N) is 1. The molecule has 0 bridgehead atoms. The Balaban J connectivity index is 1.63. The van der Waals surface area contributed by atoms with Crippen molar-refractivity contribution in [1.82, 2.24) is 9.88 Å². The lowest BCUT2D eigenvalue weighted by atomic mass is 9.94. The average Bonchev–Trinajstić information content (AvgIpc) is 3.08. The monoisotopic (exact) mass is 410 g/mol. The van der Waals surface area contributed by atoms with E-state index in [4.69, 9.17) is 5.73 Å². The Morgan fingerprint density at radius 3 is 3.00 bits per heavy atom. The first-order valence-corrected chi connectivity index (χ1v) is 10.8. The molecule has 1 aliphatic rings. The van der Waals surface area contributed by atoms with Crippen molar-refractivity contribution in [2.75, 3.05) is 25.0 Å². The summed E-state index contributed by atoms with van der Waals surface area (Å²) in [5, 5.41) is 3.10. The van der Waals surface area contributed by atoms with Crippen LogP contribution in [0.15, 0.2) is 12.1 Å². The van der Waals surface area contributed by atoms with E-state index in [0.717, 1.165) is 49.6 Å². The molecular formula is C20H28F2N4OS. The summed E-state index contributed by atoms with van der Waals surface area (Å²) < 4.78 is 27.6. The van der Waals surface area contributed by atoms with Gasteiger partial charge in [-0.25, -0.2) is 13.8 Å². The Morgan fingerprint density at radius 1 is 1.43 bits per heavy atom. The van der Waals surface area contributed by atoms with Crippen LogP contribution >= 0.6 is 11.3 Å². The number of aromatic nitrogens is 1. The summed E-state index contributed by atoms with van der Waals surface area (Å²) in [7, 11) is 0. The third-order valence-electron chi connectivity index (χ3n) is 5.40. The standard InChI is InChI=1S/C20H28F2N4OS/c1-2-3-4-7-15(11-23)26-8-5-6-13(12-26)19(27)25-20-24-18-16(22)9-14(21)10-17(18)28-20/h9-10,13,15H,2-8,11-12,23H2,1H3,(H,24,25,27). The number of piperidine rings is 1. The zero-order valence-electron chi connectivity index (χ0n) is 16.2. The van der Waals surface area contributed by atoms with Crippen molar-refractivity contribution in [3.8, 4) is 0 Å². The normalized spacial score (nSPS) is 19.1. The third kappa shape index (κ3) is 5.04. The second-order valence-electron chi connectivity index (χ2n) is 7.46. The van der Waals surface area contributed by atoms with E-state index in [9.17, 15) is 13.6 Å². The minimum Gasteiger partial charge on any atom is -0.329 e. The van der Waals surface area contributed by atoms with Crippen LogP contribution in [0.2, 0.25) is 0 Å². The van der Waals surface area contributed by atoms with Crippen LogP contribution < -0.4 is 11.1 Å². The highest BCUT2D eigenvalue weighted by Gasteiger charge is 2.29. The van der Waals surface area contributed by atoms with Crippen LogP contribution in [0.3, 0.4) is 0 Å². The smallest absolute Gasteiger partial charge is 0.230 e. The van der Waals surface area contributed by atoms with Crippen LogP contribution in [0, 0.1) is 17.6 Å². The van der Waals surface area contributed by atoms with Gasteiger partial charge in [-0.15, -0.1) is 0 Å². The Bertz CT molecular complexity index is 813. The Hall–Kier alpha value is -1.64. The average molecular weight is 411 g/mol. The maximum Gasteiger partial charge on any atom is 0.230 e. The molecule has 8 heteroatoms. The number of nitrogens with zero attached hydrogens (tertiary/aromatic N) is 2. The van der Waals surface area contributed by atoms with E-state index in [0.29, 0.717) is 29.0 Å². The van der Waals surface area contributed by atoms with Crippen LogP contribution in [0.1, 0.15) is 45.4 Å². The summed E-state index contributed by atoms with van der Waals surface area (Å²) in [6.45, 7) is 4.42. The molecule has 1 aliphatic heterocycles. The van der Waals surface area contributed by atoms with Gasteiger partial charge >= 0.3 is 0 Å². The van der Waals surface area contributed by atoms with Gasteiger partial charge in [0.25, 0.3) is 0 Å². The second-order valence-corrected chi connectivity index (χ2v) is 8.49. The number of carbonyl (C=O) groups excluding carboxylic acids is 1. The van der Waals surface area contributed by atoms with Gasteiger partial charge in [0.2, 0.25) is 5.91 Å². The Kier molecular flexibility index (Phi) is 7.31. The van der Waals surface area contributed by atoms with Gasteiger partial charge in [0.1, 0.15) is 11.3 Å². The summed E-state index contributed by atoms with van der Waals surface area (Å²) in [6.07, 6.45) is 6.34. The molecule has 1 aromatic carbocycles. The molecule has 2 heterocycles. The number of halogens is 2. The van der Waals surface area contributed by atoms with E-state index >= 15 is 0 Å². The van der Waals surface area contributed by atoms with Crippen molar-refractivity contribution in [2.45, 2.75) is 51.5 Å². The molecule has 1 amide bonds. The number of hydrogen-bond acceptors (Lipinski definition) is 5. The first kappa shape index (κ1) is 21.1. The SMILES string of the molecule is CCCCCC(CN)N1CCCC(C(=O)Nc2nc3c(F)cc(F)cc3s2)C1. The van der Waals surface area contributed by atoms with Gasteiger partial charge in [-0.2, -0.15) is 0 Å². The molecule has 0 radical (unpaired) electrons. The molecule has 1 saturated heterocycles. The van der Waals surface area contributed by atoms with E-state index < -0.39 is 11.6 Å². The fourth-order valence-corrected chi connectivity index (χ4v) is 4.76. The maximum atomic E-state index is 13.8. The lowest BCUT2D eigenvalue weighted by molar-refractivity contribution is -0.121. The largest absolute Gasteiger partial charge is 0.329 e. The second kappa shape index (κ2) is 9.71. The minimum atomic E-state index is -0.714. The molecule has 3 N–H and O–H groups in total. The van der Waals surface area contributed by atoms with Crippen LogP contribution in [-0.4, -0.2) is 41.5 Å². The molecule has 0 spiro atoms. The highest BCUT2D eigenvalue weighted by molar-refractivity contribution is 7.22. The zero-order chi connectivity index (χ0) is 20.1. The van der Waals surface area contributed by atoms with Crippen molar-refractivity contribution < 1.29 is 13.6 Å². The van der Waals surface area contributed by atoms with Gasteiger partial charge < -0.3 is 11.1 Å². The Morgan fingerprint density at radius 2 is 2.25 bits per heavy atom. The summed E-state index contributed by atoms with van der Waals surface area (Å²) in [5.41, 5.74) is 6.07. The highest BCUT2D eigenvalue weighted by Crippen LogP contribution is 2.30. The third-order valence-corrected chi connectivity index (χ3v) is 6.31. The van der Waals surface area contributed by atoms with Crippen LogP contribution in [0.5, 0.6) is 0 Å². The van der Waals surface area contributed by atoms with Gasteiger partial charge in [0.05, 0.1) is 10.6 Å². The van der Waals surface area contributed by atoms with Gasteiger partial charge in [0, 0.05) is 25.2 Å². The maximum absolute atomic E-state index is 13.8. The number of carbonyl (C=O) groups is 1. The molecule has 1 aromatic heterocycles. The molecule has 1 fully saturated rings. The lowest BCUT2D eigenvalue weighted by Crippen LogP contribution is -2.48. The number of likely N-dealkylation sites (tertiary alicyclic amines) is 1. The van der Waals surface area contributed by atoms with Crippen molar-refractivity contribution in [3.63, 3.8) is 0 Å². The molecule has 3 rings (SSSR count). The van der Waals surface area contributed by atoms with E-state index in [2.05, 4.69) is 22.1 Å². The number of rotatable bonds is 8. The van der Waals surface area contributed by atoms with Crippen molar-refractivity contribution in [3.05, 3.63) is 23.8 Å². The summed E-state index contributed by atoms with van der Waals surface area (Å²) in [5.74, 6) is -1.63. The predicted octanol–water partition coefficient (Wildman–Crippen LogP) is 4.13. The van der Waals surface area contributed by atoms with Crippen molar-refractivity contribution in [1.29, 1.82) is 0 Å². The molecule has 0 aliphatic carbocycles. The topological polar surface area (TPSA) is 71.2 Å². The number of unbranched alkanes of at least 4 members (excludes halogenated alkanes) is 2. The van der Waals surface area contributed by atoms with Crippen LogP contribution in [0.4, 0.5) is 13.9 Å². The molecule has 0 saturated carbocycles. The number of hydrogen-bond donors (Lipinski definition) is 2. The number of benzene rings is 1. The first-order chi connectivity index (χ1) is 13.5. The van der Waals surface area contributed by atoms with E-state index in [-0.39, 0.29) is 17.3 Å². The quantitative estimate of drug-likeness (QED) is 0.642. The first-order valence-electron chi connectivity index (χ1n) is 10.0. The fraction of sp³-hybridized carbons (Fsp3) is 0.600. The van der Waals surface area contributed by atoms with Crippen LogP contribution in [-0.2, 0) is 4.79 Å². The van der Waals surface area contributed by atoms with Gasteiger partial charge in [-0.05, 0) is 31.9 Å². The fourth-order valence-electron chi connectivity index (χ4n) is 3.85. The number of thiazole rings is 1. The summed E-state index contributed by atoms with van der Waals surface area (Å²) in [6, 6.07) is 2.34. The van der Waals surface area contributed by atoms with Gasteiger partial charge in [-0.3, -0.25) is 9.69 Å². The number of nitrogens with two attached hydrogens (primary N) is 1. The minimum absolute atomic E-state index is 0.0890. The zero-order valence-corrected chi connectivity index (χ0v) is 17.0. The van der Waals surface area contributed by atoms with E-state index in [1.807, 2.05) is 0 Å². The lowest BCUT2D eigenvalue weighted by Gasteiger charge is -2.37. The Labute approximate surface area is 168 Å². The molecular weight excluding hydrogens is 382 g/mol. The molecule has 5 nitrogen and oxygen atoms in total. The molecule has 154 valence electrons. The van der Waals surface area contributed by atoms with E-state index in [1.165, 1.54) is 18.9 Å². The molecule has 2 aromatic rings.